The van der Waals surface area contributed by atoms with Crippen molar-refractivity contribution in [3.05, 3.63) is 12.0 Å². The van der Waals surface area contributed by atoms with Gasteiger partial charge in [-0.3, -0.25) is 5.43 Å². The fourth-order valence-electron chi connectivity index (χ4n) is 3.41. The molecule has 4 N–H and O–H groups in total. The van der Waals surface area contributed by atoms with E-state index in [1.54, 1.807) is 0 Å². The number of hydrogen-bond donors (Lipinski definition) is 3. The lowest BCUT2D eigenvalue weighted by atomic mass is 9.89. The molecule has 6 heteroatoms. The van der Waals surface area contributed by atoms with Gasteiger partial charge in [-0.2, -0.15) is 4.98 Å². The van der Waals surface area contributed by atoms with Crippen LogP contribution in [0.1, 0.15) is 25.7 Å². The molecular weight excluding hydrogens is 233 g/mol. The van der Waals surface area contributed by atoms with Crippen molar-refractivity contribution >= 4 is 11.8 Å². The molecule has 0 aromatic carbocycles. The summed E-state index contributed by atoms with van der Waals surface area (Å²) in [4.78, 5) is 7.69. The van der Waals surface area contributed by atoms with Gasteiger partial charge in [-0.05, 0) is 37.0 Å². The third-order valence-corrected chi connectivity index (χ3v) is 4.29. The summed E-state index contributed by atoms with van der Waals surface area (Å²) in [6.07, 6.45) is 6.47. The normalized spacial score (nSPS) is 29.6. The van der Waals surface area contributed by atoms with Crippen molar-refractivity contribution in [2.75, 3.05) is 17.3 Å². The van der Waals surface area contributed by atoms with Crippen molar-refractivity contribution in [2.45, 2.75) is 25.7 Å². The van der Waals surface area contributed by atoms with Gasteiger partial charge in [0.15, 0.2) is 11.6 Å². The molecule has 3 unspecified atom stereocenters. The number of nitrogen functional groups attached to an aromatic ring is 1. The van der Waals surface area contributed by atoms with E-state index in [0.717, 1.165) is 24.6 Å². The first kappa shape index (κ1) is 11.6. The maximum absolute atomic E-state index is 13.5. The highest BCUT2D eigenvalue weighted by Crippen LogP contribution is 2.48. The van der Waals surface area contributed by atoms with Gasteiger partial charge >= 0.3 is 0 Å². The Bertz CT molecular complexity index is 438. The molecule has 5 nitrogen and oxygen atoms in total. The minimum Gasteiger partial charge on any atom is -0.367 e. The van der Waals surface area contributed by atoms with Crippen LogP contribution in [0.5, 0.6) is 0 Å². The third kappa shape index (κ3) is 2.12. The maximum Gasteiger partial charge on any atom is 0.239 e. The molecule has 0 amide bonds. The highest BCUT2D eigenvalue weighted by Gasteiger charge is 2.39. The molecule has 2 aliphatic carbocycles. The van der Waals surface area contributed by atoms with Gasteiger partial charge in [-0.25, -0.2) is 15.2 Å². The Kier molecular flexibility index (Phi) is 3.03. The van der Waals surface area contributed by atoms with Crippen LogP contribution >= 0.6 is 0 Å². The Labute approximate surface area is 105 Å². The van der Waals surface area contributed by atoms with Crippen molar-refractivity contribution in [1.82, 2.24) is 9.97 Å². The molecule has 2 bridgehead atoms. The molecule has 2 fully saturated rings. The van der Waals surface area contributed by atoms with Gasteiger partial charge in [-0.15, -0.1) is 0 Å². The summed E-state index contributed by atoms with van der Waals surface area (Å²) in [5.74, 6) is 7.62. The molecule has 2 saturated carbocycles. The molecule has 0 radical (unpaired) electrons. The Hall–Kier alpha value is -1.43. The molecule has 98 valence electrons. The van der Waals surface area contributed by atoms with Crippen molar-refractivity contribution in [3.8, 4) is 0 Å². The number of nitrogens with zero attached hydrogens (tertiary/aromatic N) is 2. The summed E-state index contributed by atoms with van der Waals surface area (Å²) in [6, 6.07) is 0. The second-order valence-electron chi connectivity index (χ2n) is 5.35. The SMILES string of the molecule is NNc1ncc(F)c(NCC2CC3CCC2C3)n1. The minimum absolute atomic E-state index is 0.229. The predicted octanol–water partition coefficient (Wildman–Crippen LogP) is 1.75. The number of halogens is 1. The van der Waals surface area contributed by atoms with Gasteiger partial charge in [0.05, 0.1) is 6.20 Å². The van der Waals surface area contributed by atoms with Crippen molar-refractivity contribution in [3.63, 3.8) is 0 Å². The second-order valence-corrected chi connectivity index (χ2v) is 5.35. The monoisotopic (exact) mass is 251 g/mol. The second kappa shape index (κ2) is 4.68. The Balaban J connectivity index is 1.62. The molecule has 2 aliphatic rings. The number of fused-ring (bicyclic) bond motifs is 2. The molecule has 1 aromatic rings. The quantitative estimate of drug-likeness (QED) is 0.561. The smallest absolute Gasteiger partial charge is 0.239 e. The largest absolute Gasteiger partial charge is 0.367 e. The summed E-state index contributed by atoms with van der Waals surface area (Å²) >= 11 is 0. The summed E-state index contributed by atoms with van der Waals surface area (Å²) in [5.41, 5.74) is 2.32. The Morgan fingerprint density at radius 3 is 2.94 bits per heavy atom. The standard InChI is InChI=1S/C12H18FN5/c13-10-6-16-12(18-14)17-11(10)15-5-9-4-7-1-2-8(9)3-7/h6-9H,1-5,14H2,(H2,15,16,17,18). The number of nitrogens with two attached hydrogens (primary N) is 1. The van der Waals surface area contributed by atoms with E-state index in [-0.39, 0.29) is 11.8 Å². The van der Waals surface area contributed by atoms with Crippen LogP contribution in [-0.2, 0) is 0 Å². The average Bonchev–Trinajstić information content (AvgIpc) is 3.00. The summed E-state index contributed by atoms with van der Waals surface area (Å²) in [5, 5.41) is 3.09. The molecule has 0 spiro atoms. The van der Waals surface area contributed by atoms with Gasteiger partial charge in [-0.1, -0.05) is 6.42 Å². The average molecular weight is 251 g/mol. The van der Waals surface area contributed by atoms with E-state index in [1.807, 2.05) is 0 Å². The number of aromatic nitrogens is 2. The van der Waals surface area contributed by atoms with Gasteiger partial charge in [0.1, 0.15) is 0 Å². The third-order valence-electron chi connectivity index (χ3n) is 4.29. The summed E-state index contributed by atoms with van der Waals surface area (Å²) in [6.45, 7) is 0.791. The van der Waals surface area contributed by atoms with Crippen LogP contribution in [0.15, 0.2) is 6.20 Å². The van der Waals surface area contributed by atoms with Crippen molar-refractivity contribution in [2.24, 2.45) is 23.6 Å². The molecule has 3 atom stereocenters. The zero-order valence-electron chi connectivity index (χ0n) is 10.2. The number of hydrogen-bond acceptors (Lipinski definition) is 5. The van der Waals surface area contributed by atoms with Gasteiger partial charge in [0, 0.05) is 6.54 Å². The van der Waals surface area contributed by atoms with Crippen molar-refractivity contribution < 1.29 is 4.39 Å². The lowest BCUT2D eigenvalue weighted by molar-refractivity contribution is 0.348. The predicted molar refractivity (Wildman–Crippen MR) is 67.2 cm³/mol. The number of hydrazine groups is 1. The molecule has 1 aromatic heterocycles. The van der Waals surface area contributed by atoms with E-state index in [2.05, 4.69) is 20.7 Å². The summed E-state index contributed by atoms with van der Waals surface area (Å²) < 4.78 is 13.5. The first-order valence-electron chi connectivity index (χ1n) is 6.49. The van der Waals surface area contributed by atoms with Gasteiger partial charge in [0.25, 0.3) is 0 Å². The van der Waals surface area contributed by atoms with Crippen LogP contribution in [0.4, 0.5) is 16.2 Å². The van der Waals surface area contributed by atoms with E-state index in [4.69, 9.17) is 5.84 Å². The molecule has 3 rings (SSSR count). The van der Waals surface area contributed by atoms with Crippen LogP contribution in [0.3, 0.4) is 0 Å². The highest BCUT2D eigenvalue weighted by molar-refractivity contribution is 5.40. The lowest BCUT2D eigenvalue weighted by Crippen LogP contribution is -2.21. The maximum atomic E-state index is 13.5. The Morgan fingerprint density at radius 1 is 1.39 bits per heavy atom. The van der Waals surface area contributed by atoms with E-state index >= 15 is 0 Å². The Morgan fingerprint density at radius 2 is 2.28 bits per heavy atom. The van der Waals surface area contributed by atoms with Gasteiger partial charge in [0.2, 0.25) is 5.95 Å². The minimum atomic E-state index is -0.433. The molecular formula is C12H18FN5. The zero-order valence-corrected chi connectivity index (χ0v) is 10.2. The van der Waals surface area contributed by atoms with Crippen molar-refractivity contribution in [1.29, 1.82) is 0 Å². The number of rotatable bonds is 4. The van der Waals surface area contributed by atoms with Gasteiger partial charge < -0.3 is 5.32 Å². The van der Waals surface area contributed by atoms with E-state index in [1.165, 1.54) is 25.7 Å². The molecule has 1 heterocycles. The number of anilines is 2. The van der Waals surface area contributed by atoms with Crippen LogP contribution in [0, 0.1) is 23.6 Å². The van der Waals surface area contributed by atoms with E-state index < -0.39 is 5.82 Å². The van der Waals surface area contributed by atoms with Crippen LogP contribution in [-0.4, -0.2) is 16.5 Å². The number of nitrogens with one attached hydrogen (secondary N) is 2. The fraction of sp³-hybridized carbons (Fsp3) is 0.667. The molecule has 18 heavy (non-hydrogen) atoms. The summed E-state index contributed by atoms with van der Waals surface area (Å²) in [7, 11) is 0. The lowest BCUT2D eigenvalue weighted by Gasteiger charge is -2.22. The van der Waals surface area contributed by atoms with Crippen LogP contribution in [0.2, 0.25) is 0 Å². The topological polar surface area (TPSA) is 75.9 Å². The van der Waals surface area contributed by atoms with E-state index in [9.17, 15) is 4.39 Å². The highest BCUT2D eigenvalue weighted by atomic mass is 19.1. The molecule has 0 saturated heterocycles. The van der Waals surface area contributed by atoms with Crippen LogP contribution < -0.4 is 16.6 Å². The van der Waals surface area contributed by atoms with Crippen LogP contribution in [0.25, 0.3) is 0 Å². The fourth-order valence-corrected chi connectivity index (χ4v) is 3.41. The first-order chi connectivity index (χ1) is 8.76. The van der Waals surface area contributed by atoms with E-state index in [0.29, 0.717) is 5.92 Å². The molecule has 0 aliphatic heterocycles. The first-order valence-corrected chi connectivity index (χ1v) is 6.49. The zero-order chi connectivity index (χ0) is 12.5.